The minimum Gasteiger partial charge on any atom is -0.463 e. The fourth-order valence-corrected chi connectivity index (χ4v) is 2.01. The van der Waals surface area contributed by atoms with Crippen molar-refractivity contribution in [2.24, 2.45) is 5.92 Å². The Morgan fingerprint density at radius 2 is 1.79 bits per heavy atom. The highest BCUT2D eigenvalue weighted by Crippen LogP contribution is 2.15. The lowest BCUT2D eigenvalue weighted by Crippen LogP contribution is -2.03. The molecule has 0 fully saturated rings. The van der Waals surface area contributed by atoms with E-state index in [4.69, 9.17) is 4.74 Å². The number of carbonyl (C=O) groups is 2. The van der Waals surface area contributed by atoms with E-state index in [1.807, 2.05) is 6.08 Å². The van der Waals surface area contributed by atoms with Gasteiger partial charge >= 0.3 is 5.97 Å². The van der Waals surface area contributed by atoms with Crippen molar-refractivity contribution in [2.75, 3.05) is 6.61 Å². The lowest BCUT2D eigenvalue weighted by molar-refractivity contribution is -0.137. The molecule has 0 aliphatic heterocycles. The third-order valence-electron chi connectivity index (χ3n) is 3.12. The third kappa shape index (κ3) is 11.7. The summed E-state index contributed by atoms with van der Waals surface area (Å²) in [5.74, 6) is -0.144. The molecule has 1 atom stereocenters. The summed E-state index contributed by atoms with van der Waals surface area (Å²) in [7, 11) is 0. The lowest BCUT2D eigenvalue weighted by Gasteiger charge is -2.08. The van der Waals surface area contributed by atoms with Gasteiger partial charge in [-0.25, -0.2) is 4.79 Å². The molecule has 0 aromatic rings. The molecule has 0 saturated heterocycles. The van der Waals surface area contributed by atoms with Crippen LogP contribution in [0.5, 0.6) is 0 Å². The second-order valence-corrected chi connectivity index (χ2v) is 4.83. The Hall–Kier alpha value is -1.12. The normalized spacial score (nSPS) is 12.5. The second-order valence-electron chi connectivity index (χ2n) is 4.83. The van der Waals surface area contributed by atoms with Gasteiger partial charge in [-0.3, -0.25) is 0 Å². The second kappa shape index (κ2) is 13.3. The number of rotatable bonds is 12. The Balaban J connectivity index is 3.85. The molecule has 0 aliphatic rings. The predicted octanol–water partition coefficient (Wildman–Crippen LogP) is 4.06. The summed E-state index contributed by atoms with van der Waals surface area (Å²) in [6, 6.07) is 0. The fraction of sp³-hybridized carbons (Fsp3) is 0.750. The van der Waals surface area contributed by atoms with Gasteiger partial charge in [-0.2, -0.15) is 0 Å². The van der Waals surface area contributed by atoms with Gasteiger partial charge in [0.05, 0.1) is 6.61 Å². The van der Waals surface area contributed by atoms with Crippen LogP contribution < -0.4 is 0 Å². The topological polar surface area (TPSA) is 43.4 Å². The summed E-state index contributed by atoms with van der Waals surface area (Å²) in [4.78, 5) is 21.8. The van der Waals surface area contributed by atoms with Gasteiger partial charge in [0, 0.05) is 12.5 Å². The number of ether oxygens (including phenoxy) is 1. The summed E-state index contributed by atoms with van der Waals surface area (Å²) >= 11 is 0. The maximum Gasteiger partial charge on any atom is 0.330 e. The first-order valence-corrected chi connectivity index (χ1v) is 7.53. The molecule has 0 radical (unpaired) electrons. The number of hydrogen-bond donors (Lipinski definition) is 0. The summed E-state index contributed by atoms with van der Waals surface area (Å²) in [6.07, 6.45) is 13.1. The van der Waals surface area contributed by atoms with Crippen molar-refractivity contribution in [1.82, 2.24) is 0 Å². The smallest absolute Gasteiger partial charge is 0.330 e. The quantitative estimate of drug-likeness (QED) is 0.232. The van der Waals surface area contributed by atoms with Crippen molar-refractivity contribution in [3.8, 4) is 0 Å². The van der Waals surface area contributed by atoms with Crippen LogP contribution in [0.15, 0.2) is 12.2 Å². The van der Waals surface area contributed by atoms with Crippen molar-refractivity contribution in [1.29, 1.82) is 0 Å². The maximum atomic E-state index is 11.2. The molecular formula is C16H28O3. The van der Waals surface area contributed by atoms with Gasteiger partial charge in [-0.15, -0.1) is 0 Å². The van der Waals surface area contributed by atoms with Crippen LogP contribution in [0.3, 0.4) is 0 Å². The molecule has 0 aromatic carbocycles. The summed E-state index contributed by atoms with van der Waals surface area (Å²) in [5.41, 5.74) is 0. The van der Waals surface area contributed by atoms with Crippen molar-refractivity contribution < 1.29 is 14.3 Å². The molecule has 0 rings (SSSR count). The molecule has 19 heavy (non-hydrogen) atoms. The Bertz CT molecular complexity index is 259. The first-order valence-electron chi connectivity index (χ1n) is 7.53. The molecule has 0 saturated carbocycles. The standard InChI is InChI=1S/C16H28O3/c1-3-5-6-7-8-9-10-15(13-14-17)11-12-16(18)19-4-2/h11-12,14-15H,3-10,13H2,1-2H3/b12-11+/t15-/m0/s1. The van der Waals surface area contributed by atoms with E-state index in [9.17, 15) is 9.59 Å². The van der Waals surface area contributed by atoms with E-state index in [1.54, 1.807) is 6.92 Å². The molecule has 0 unspecified atom stereocenters. The first kappa shape index (κ1) is 17.9. The van der Waals surface area contributed by atoms with E-state index in [0.717, 1.165) is 19.1 Å². The SMILES string of the molecule is CCCCCCCC[C@@H](/C=C/C(=O)OCC)CC=O. The van der Waals surface area contributed by atoms with E-state index in [1.165, 1.54) is 38.2 Å². The molecule has 0 aromatic heterocycles. The fourth-order valence-electron chi connectivity index (χ4n) is 2.01. The average molecular weight is 268 g/mol. The van der Waals surface area contributed by atoms with Crippen LogP contribution in [-0.2, 0) is 14.3 Å². The number of unbranched alkanes of at least 4 members (excludes halogenated alkanes) is 5. The third-order valence-corrected chi connectivity index (χ3v) is 3.12. The highest BCUT2D eigenvalue weighted by molar-refractivity contribution is 5.81. The van der Waals surface area contributed by atoms with Gasteiger partial charge in [-0.1, -0.05) is 51.5 Å². The molecule has 3 nitrogen and oxygen atoms in total. The molecule has 0 aliphatic carbocycles. The van der Waals surface area contributed by atoms with Crippen LogP contribution in [-0.4, -0.2) is 18.9 Å². The number of esters is 1. The molecule has 0 N–H and O–H groups in total. The predicted molar refractivity (Wildman–Crippen MR) is 77.9 cm³/mol. The van der Waals surface area contributed by atoms with Crippen LogP contribution in [0.25, 0.3) is 0 Å². The van der Waals surface area contributed by atoms with E-state index >= 15 is 0 Å². The van der Waals surface area contributed by atoms with E-state index in [2.05, 4.69) is 6.92 Å². The number of hydrogen-bond acceptors (Lipinski definition) is 3. The van der Waals surface area contributed by atoms with Gasteiger partial charge < -0.3 is 9.53 Å². The van der Waals surface area contributed by atoms with Crippen LogP contribution in [0.1, 0.15) is 65.2 Å². The van der Waals surface area contributed by atoms with Gasteiger partial charge in [0.25, 0.3) is 0 Å². The average Bonchev–Trinajstić information content (AvgIpc) is 2.40. The minimum absolute atomic E-state index is 0.174. The lowest BCUT2D eigenvalue weighted by atomic mass is 9.97. The molecule has 110 valence electrons. The van der Waals surface area contributed by atoms with Gasteiger partial charge in [0.2, 0.25) is 0 Å². The van der Waals surface area contributed by atoms with Gasteiger partial charge in [-0.05, 0) is 19.3 Å². The van der Waals surface area contributed by atoms with Crippen molar-refractivity contribution in [3.63, 3.8) is 0 Å². The van der Waals surface area contributed by atoms with E-state index < -0.39 is 0 Å². The monoisotopic (exact) mass is 268 g/mol. The van der Waals surface area contributed by atoms with Gasteiger partial charge in [0.15, 0.2) is 0 Å². The Morgan fingerprint density at radius 1 is 1.11 bits per heavy atom. The maximum absolute atomic E-state index is 11.2. The number of aldehydes is 1. The minimum atomic E-state index is -0.318. The summed E-state index contributed by atoms with van der Waals surface area (Å²) < 4.78 is 4.83. The van der Waals surface area contributed by atoms with Crippen LogP contribution >= 0.6 is 0 Å². The number of allylic oxidation sites excluding steroid dienone is 1. The van der Waals surface area contributed by atoms with Crippen molar-refractivity contribution in [2.45, 2.75) is 65.2 Å². The van der Waals surface area contributed by atoms with Crippen molar-refractivity contribution >= 4 is 12.3 Å². The molecule has 3 heteroatoms. The van der Waals surface area contributed by atoms with Crippen molar-refractivity contribution in [3.05, 3.63) is 12.2 Å². The molecule has 0 heterocycles. The van der Waals surface area contributed by atoms with E-state index in [-0.39, 0.29) is 11.9 Å². The first-order chi connectivity index (χ1) is 9.24. The summed E-state index contributed by atoms with van der Waals surface area (Å²) in [5, 5.41) is 0. The van der Waals surface area contributed by atoms with Crippen LogP contribution in [0.2, 0.25) is 0 Å². The largest absolute Gasteiger partial charge is 0.463 e. The summed E-state index contributed by atoms with van der Waals surface area (Å²) in [6.45, 7) is 4.38. The number of carbonyl (C=O) groups excluding carboxylic acids is 2. The van der Waals surface area contributed by atoms with Crippen LogP contribution in [0.4, 0.5) is 0 Å². The zero-order valence-electron chi connectivity index (χ0n) is 12.4. The molecule has 0 bridgehead atoms. The van der Waals surface area contributed by atoms with Crippen LogP contribution in [0, 0.1) is 5.92 Å². The Labute approximate surface area is 117 Å². The molecule has 0 amide bonds. The van der Waals surface area contributed by atoms with E-state index in [0.29, 0.717) is 13.0 Å². The Kier molecular flexibility index (Phi) is 12.5. The zero-order chi connectivity index (χ0) is 14.3. The highest BCUT2D eigenvalue weighted by atomic mass is 16.5. The zero-order valence-corrected chi connectivity index (χ0v) is 12.4. The Morgan fingerprint density at radius 3 is 2.42 bits per heavy atom. The van der Waals surface area contributed by atoms with Gasteiger partial charge in [0.1, 0.15) is 6.29 Å². The molecular weight excluding hydrogens is 240 g/mol. The highest BCUT2D eigenvalue weighted by Gasteiger charge is 2.05. The molecule has 0 spiro atoms.